The molecule has 1 unspecified atom stereocenters. The van der Waals surface area contributed by atoms with Crippen LogP contribution in [0.25, 0.3) is 11.5 Å². The van der Waals surface area contributed by atoms with Crippen LogP contribution >= 0.6 is 15.9 Å². The number of aromatic hydroxyl groups is 1. The average Bonchev–Trinajstić information content (AvgIpc) is 3.21. The summed E-state index contributed by atoms with van der Waals surface area (Å²) in [6.45, 7) is 0.456. The maximum Gasteiger partial charge on any atom is 0.242 e. The Hall–Kier alpha value is -3.33. The zero-order chi connectivity index (χ0) is 22.0. The molecule has 0 spiro atoms. The third kappa shape index (κ3) is 4.41. The molecule has 0 saturated carbocycles. The number of nitrogens with zero attached hydrogens (tertiary/aromatic N) is 3. The van der Waals surface area contributed by atoms with Gasteiger partial charge in [-0.3, -0.25) is 9.89 Å². The first kappa shape index (κ1) is 20.9. The summed E-state index contributed by atoms with van der Waals surface area (Å²) in [5.74, 6) is -0.972. The Balaban J connectivity index is 1.68. The van der Waals surface area contributed by atoms with E-state index in [4.69, 9.17) is 0 Å². The van der Waals surface area contributed by atoms with Gasteiger partial charge in [0.25, 0.3) is 0 Å². The Bertz CT molecular complexity index is 1270. The zero-order valence-corrected chi connectivity index (χ0v) is 17.7. The van der Waals surface area contributed by atoms with Gasteiger partial charge in [-0.1, -0.05) is 34.1 Å². The van der Waals surface area contributed by atoms with Crippen molar-refractivity contribution in [2.75, 3.05) is 0 Å². The summed E-state index contributed by atoms with van der Waals surface area (Å²) in [7, 11) is 0. The van der Waals surface area contributed by atoms with Crippen LogP contribution in [-0.4, -0.2) is 24.9 Å². The van der Waals surface area contributed by atoms with Crippen LogP contribution in [0.2, 0.25) is 0 Å². The van der Waals surface area contributed by atoms with Crippen LogP contribution in [0.15, 0.2) is 70.3 Å². The third-order valence-electron chi connectivity index (χ3n) is 5.04. The first-order valence-corrected chi connectivity index (χ1v) is 10.2. The number of rotatable bonds is 6. The second-order valence-corrected chi connectivity index (χ2v) is 7.82. The highest BCUT2D eigenvalue weighted by molar-refractivity contribution is 9.10. The molecular formula is C22H17BrF2N4O2. The van der Waals surface area contributed by atoms with Crippen LogP contribution in [-0.2, 0) is 6.54 Å². The quantitative estimate of drug-likeness (QED) is 0.417. The Labute approximate surface area is 184 Å². The predicted molar refractivity (Wildman–Crippen MR) is 115 cm³/mol. The monoisotopic (exact) mass is 486 g/mol. The molecule has 1 atom stereocenters. The molecule has 0 saturated heterocycles. The maximum absolute atomic E-state index is 13.6. The molecule has 158 valence electrons. The zero-order valence-electron chi connectivity index (χ0n) is 16.1. The highest BCUT2D eigenvalue weighted by atomic mass is 79.9. The minimum Gasteiger partial charge on any atom is -0.503 e. The number of aromatic nitrogens is 4. The molecule has 9 heteroatoms. The lowest BCUT2D eigenvalue weighted by atomic mass is 9.88. The number of aromatic amines is 1. The second-order valence-electron chi connectivity index (χ2n) is 6.96. The molecule has 0 aliphatic heterocycles. The first-order valence-electron chi connectivity index (χ1n) is 9.42. The van der Waals surface area contributed by atoms with Crippen molar-refractivity contribution in [3.05, 3.63) is 98.5 Å². The van der Waals surface area contributed by atoms with Crippen molar-refractivity contribution in [3.8, 4) is 17.3 Å². The summed E-state index contributed by atoms with van der Waals surface area (Å²) >= 11 is 3.43. The van der Waals surface area contributed by atoms with Gasteiger partial charge in [-0.25, -0.2) is 13.8 Å². The number of nitrogens with one attached hydrogen (secondary N) is 1. The molecule has 2 heterocycles. The van der Waals surface area contributed by atoms with Gasteiger partial charge >= 0.3 is 0 Å². The molecule has 0 aliphatic rings. The fraction of sp³-hybridized carbons (Fsp3) is 0.136. The summed E-state index contributed by atoms with van der Waals surface area (Å²) in [6, 6.07) is 10.7. The standard InChI is InChI=1S/C22H17BrF2N4O2/c23-18-11-15(25)5-6-17(18)16(13-1-3-14(24)4-2-13)7-9-29-10-8-26-22(29)20-21(31)19(30)12-27-28-20/h1-6,8,10-12,16H,7,9H2,(H,27,31)(H,28,30). The fourth-order valence-corrected chi connectivity index (χ4v) is 4.14. The van der Waals surface area contributed by atoms with Gasteiger partial charge in [0.15, 0.2) is 11.6 Å². The van der Waals surface area contributed by atoms with Crippen molar-refractivity contribution in [2.45, 2.75) is 18.9 Å². The van der Waals surface area contributed by atoms with Crippen LogP contribution in [0.1, 0.15) is 23.5 Å². The Kier molecular flexibility index (Phi) is 5.94. The molecule has 0 amide bonds. The molecule has 4 rings (SSSR count). The number of H-pyrrole nitrogens is 1. The van der Waals surface area contributed by atoms with Crippen molar-refractivity contribution in [3.63, 3.8) is 0 Å². The van der Waals surface area contributed by atoms with Crippen LogP contribution < -0.4 is 5.43 Å². The Morgan fingerprint density at radius 2 is 1.87 bits per heavy atom. The lowest BCUT2D eigenvalue weighted by molar-refractivity contribution is 0.466. The predicted octanol–water partition coefficient (Wildman–Crippen LogP) is 4.60. The molecule has 6 nitrogen and oxygen atoms in total. The number of hydrogen-bond acceptors (Lipinski definition) is 4. The minimum absolute atomic E-state index is 0.124. The molecule has 4 aromatic rings. The van der Waals surface area contributed by atoms with Crippen molar-refractivity contribution in [2.24, 2.45) is 0 Å². The van der Waals surface area contributed by atoms with Crippen LogP contribution in [0.4, 0.5) is 8.78 Å². The summed E-state index contributed by atoms with van der Waals surface area (Å²) in [5.41, 5.74) is 1.24. The molecule has 2 N–H and O–H groups in total. The molecular weight excluding hydrogens is 470 g/mol. The van der Waals surface area contributed by atoms with E-state index in [-0.39, 0.29) is 23.2 Å². The van der Waals surface area contributed by atoms with E-state index < -0.39 is 11.2 Å². The van der Waals surface area contributed by atoms with Crippen LogP contribution in [0.5, 0.6) is 5.75 Å². The molecule has 2 aromatic carbocycles. The van der Waals surface area contributed by atoms with Gasteiger partial charge in [-0.15, -0.1) is 0 Å². The van der Waals surface area contributed by atoms with Gasteiger partial charge in [0.1, 0.15) is 17.3 Å². The average molecular weight is 487 g/mol. The SMILES string of the molecule is O=c1cn[nH]c(-c2nccn2CCC(c2ccc(F)cc2)c2ccc(F)cc2Br)c1O. The van der Waals surface area contributed by atoms with E-state index in [1.807, 2.05) is 0 Å². The Morgan fingerprint density at radius 3 is 2.61 bits per heavy atom. The summed E-state index contributed by atoms with van der Waals surface area (Å²) in [5, 5.41) is 16.5. The maximum atomic E-state index is 13.6. The number of halogens is 3. The lowest BCUT2D eigenvalue weighted by Crippen LogP contribution is -2.10. The van der Waals surface area contributed by atoms with Gasteiger partial charge in [-0.2, -0.15) is 5.10 Å². The van der Waals surface area contributed by atoms with Crippen molar-refractivity contribution < 1.29 is 13.9 Å². The third-order valence-corrected chi connectivity index (χ3v) is 5.72. The van der Waals surface area contributed by atoms with E-state index in [1.54, 1.807) is 35.2 Å². The molecule has 0 radical (unpaired) electrons. The van der Waals surface area contributed by atoms with E-state index in [2.05, 4.69) is 31.1 Å². The summed E-state index contributed by atoms with van der Waals surface area (Å²) < 4.78 is 29.5. The van der Waals surface area contributed by atoms with Gasteiger partial charge in [0.05, 0.1) is 6.20 Å². The summed E-state index contributed by atoms with van der Waals surface area (Å²) in [4.78, 5) is 16.0. The number of aryl methyl sites for hydroxylation is 1. The normalized spacial score (nSPS) is 12.1. The lowest BCUT2D eigenvalue weighted by Gasteiger charge is -2.20. The highest BCUT2D eigenvalue weighted by Crippen LogP contribution is 2.34. The van der Waals surface area contributed by atoms with Gasteiger partial charge in [0, 0.05) is 29.3 Å². The first-order chi connectivity index (χ1) is 14.9. The Morgan fingerprint density at radius 1 is 1.13 bits per heavy atom. The van der Waals surface area contributed by atoms with E-state index in [0.29, 0.717) is 23.3 Å². The van der Waals surface area contributed by atoms with Crippen LogP contribution in [0.3, 0.4) is 0 Å². The number of benzene rings is 2. The minimum atomic E-state index is -0.609. The van der Waals surface area contributed by atoms with Crippen molar-refractivity contribution in [1.29, 1.82) is 0 Å². The molecule has 2 aromatic heterocycles. The topological polar surface area (TPSA) is 83.8 Å². The van der Waals surface area contributed by atoms with Crippen molar-refractivity contribution >= 4 is 15.9 Å². The molecule has 0 fully saturated rings. The van der Waals surface area contributed by atoms with Gasteiger partial charge in [-0.05, 0) is 41.8 Å². The fourth-order valence-electron chi connectivity index (χ4n) is 3.52. The van der Waals surface area contributed by atoms with Crippen LogP contribution in [0, 0.1) is 11.6 Å². The van der Waals surface area contributed by atoms with Gasteiger partial charge in [0.2, 0.25) is 5.43 Å². The number of hydrogen-bond donors (Lipinski definition) is 2. The van der Waals surface area contributed by atoms with E-state index in [0.717, 1.165) is 17.3 Å². The van der Waals surface area contributed by atoms with Gasteiger partial charge < -0.3 is 9.67 Å². The molecule has 0 bridgehead atoms. The largest absolute Gasteiger partial charge is 0.503 e. The number of imidazole rings is 1. The molecule has 0 aliphatic carbocycles. The smallest absolute Gasteiger partial charge is 0.242 e. The van der Waals surface area contributed by atoms with E-state index in [1.165, 1.54) is 24.3 Å². The van der Waals surface area contributed by atoms with E-state index in [9.17, 15) is 18.7 Å². The second kappa shape index (κ2) is 8.81. The highest BCUT2D eigenvalue weighted by Gasteiger charge is 2.20. The summed E-state index contributed by atoms with van der Waals surface area (Å²) in [6.07, 6.45) is 4.83. The van der Waals surface area contributed by atoms with Crippen molar-refractivity contribution in [1.82, 2.24) is 19.7 Å². The molecule has 31 heavy (non-hydrogen) atoms. The van der Waals surface area contributed by atoms with E-state index >= 15 is 0 Å².